The molecule has 2 aromatic carbocycles. The molecule has 0 spiro atoms. The first-order valence-corrected chi connectivity index (χ1v) is 7.16. The highest BCUT2D eigenvalue weighted by Gasteiger charge is 1.99. The van der Waals surface area contributed by atoms with E-state index in [4.69, 9.17) is 4.74 Å². The van der Waals surface area contributed by atoms with Crippen LogP contribution in [0.15, 0.2) is 42.5 Å². The fraction of sp³-hybridized carbons (Fsp3) is 0.333. The maximum absolute atomic E-state index is 5.74. The minimum Gasteiger partial charge on any atom is -0.494 e. The van der Waals surface area contributed by atoms with Gasteiger partial charge in [-0.05, 0) is 62.1 Å². The molecule has 2 nitrogen and oxygen atoms in total. The van der Waals surface area contributed by atoms with Gasteiger partial charge in [0.05, 0.1) is 6.61 Å². The Bertz CT molecular complexity index is 563. The molecule has 2 rings (SSSR count). The summed E-state index contributed by atoms with van der Waals surface area (Å²) in [5.41, 5.74) is 5.11. The van der Waals surface area contributed by atoms with Gasteiger partial charge in [-0.25, -0.2) is 0 Å². The number of ether oxygens (including phenoxy) is 1. The molecule has 2 aromatic rings. The highest BCUT2D eigenvalue weighted by molar-refractivity contribution is 5.53. The number of nitrogens with one attached hydrogen (secondary N) is 1. The van der Waals surface area contributed by atoms with Crippen LogP contribution in [0.2, 0.25) is 0 Å². The van der Waals surface area contributed by atoms with Crippen LogP contribution in [0.25, 0.3) is 0 Å². The zero-order valence-electron chi connectivity index (χ0n) is 12.6. The molecular formula is C18H23NO. The average Bonchev–Trinajstić information content (AvgIpc) is 2.43. The third-order valence-electron chi connectivity index (χ3n) is 3.50. The third-order valence-corrected chi connectivity index (χ3v) is 3.50. The first-order chi connectivity index (χ1) is 9.66. The van der Waals surface area contributed by atoms with Gasteiger partial charge in [-0.15, -0.1) is 0 Å². The molecule has 0 unspecified atom stereocenters. The summed E-state index contributed by atoms with van der Waals surface area (Å²) in [6, 6.07) is 14.5. The van der Waals surface area contributed by atoms with Crippen molar-refractivity contribution in [3.63, 3.8) is 0 Å². The molecule has 0 atom stereocenters. The van der Waals surface area contributed by atoms with Crippen LogP contribution >= 0.6 is 0 Å². The quantitative estimate of drug-likeness (QED) is 0.780. The van der Waals surface area contributed by atoms with Crippen molar-refractivity contribution in [3.8, 4) is 5.75 Å². The number of anilines is 1. The van der Waals surface area contributed by atoms with E-state index in [1.807, 2.05) is 12.1 Å². The Morgan fingerprint density at radius 3 is 2.60 bits per heavy atom. The maximum Gasteiger partial charge on any atom is 0.119 e. The Morgan fingerprint density at radius 1 is 1.00 bits per heavy atom. The fourth-order valence-corrected chi connectivity index (χ4v) is 2.13. The molecule has 0 aliphatic carbocycles. The van der Waals surface area contributed by atoms with Crippen LogP contribution in [0.5, 0.6) is 5.75 Å². The summed E-state index contributed by atoms with van der Waals surface area (Å²) < 4.78 is 5.74. The molecule has 1 N–H and O–H groups in total. The molecule has 2 heteroatoms. The second-order valence-electron chi connectivity index (χ2n) is 5.19. The van der Waals surface area contributed by atoms with E-state index in [0.29, 0.717) is 0 Å². The Hall–Kier alpha value is -1.96. The summed E-state index contributed by atoms with van der Waals surface area (Å²) in [6.07, 6.45) is 0.987. The SMILES string of the molecule is Cc1cccc(OCCCNc2cccc(C)c2C)c1. The Labute approximate surface area is 121 Å². The molecule has 0 bridgehead atoms. The number of benzene rings is 2. The second-order valence-corrected chi connectivity index (χ2v) is 5.19. The molecule has 0 saturated heterocycles. The van der Waals surface area contributed by atoms with Crippen LogP contribution in [-0.4, -0.2) is 13.2 Å². The van der Waals surface area contributed by atoms with E-state index in [2.05, 4.69) is 56.4 Å². The second kappa shape index (κ2) is 6.99. The lowest BCUT2D eigenvalue weighted by Gasteiger charge is -2.12. The van der Waals surface area contributed by atoms with Crippen LogP contribution in [0.1, 0.15) is 23.1 Å². The highest BCUT2D eigenvalue weighted by Crippen LogP contribution is 2.18. The van der Waals surface area contributed by atoms with E-state index < -0.39 is 0 Å². The van der Waals surface area contributed by atoms with Crippen LogP contribution < -0.4 is 10.1 Å². The van der Waals surface area contributed by atoms with Crippen molar-refractivity contribution in [2.45, 2.75) is 27.2 Å². The van der Waals surface area contributed by atoms with Gasteiger partial charge in [0.1, 0.15) is 5.75 Å². The minimum atomic E-state index is 0.737. The molecule has 0 aliphatic rings. The fourth-order valence-electron chi connectivity index (χ4n) is 2.13. The summed E-state index contributed by atoms with van der Waals surface area (Å²) >= 11 is 0. The smallest absolute Gasteiger partial charge is 0.119 e. The number of aryl methyl sites for hydroxylation is 2. The molecule has 0 radical (unpaired) electrons. The molecule has 0 heterocycles. The molecular weight excluding hydrogens is 246 g/mol. The van der Waals surface area contributed by atoms with Gasteiger partial charge in [-0.2, -0.15) is 0 Å². The lowest BCUT2D eigenvalue weighted by molar-refractivity contribution is 0.315. The van der Waals surface area contributed by atoms with Gasteiger partial charge in [0.25, 0.3) is 0 Å². The Balaban J connectivity index is 1.73. The van der Waals surface area contributed by atoms with E-state index in [9.17, 15) is 0 Å². The van der Waals surface area contributed by atoms with Crippen LogP contribution in [0.4, 0.5) is 5.69 Å². The predicted molar refractivity (Wildman–Crippen MR) is 85.7 cm³/mol. The molecule has 20 heavy (non-hydrogen) atoms. The standard InChI is InChI=1S/C18H23NO/c1-14-7-4-9-17(13-14)20-12-6-11-19-18-10-5-8-15(2)16(18)3/h4-5,7-10,13,19H,6,11-12H2,1-3H3. The zero-order valence-corrected chi connectivity index (χ0v) is 12.6. The van der Waals surface area contributed by atoms with Crippen molar-refractivity contribution in [1.29, 1.82) is 0 Å². The summed E-state index contributed by atoms with van der Waals surface area (Å²) in [7, 11) is 0. The van der Waals surface area contributed by atoms with Gasteiger partial charge >= 0.3 is 0 Å². The van der Waals surface area contributed by atoms with Crippen molar-refractivity contribution in [2.75, 3.05) is 18.5 Å². The predicted octanol–water partition coefficient (Wildman–Crippen LogP) is 4.49. The van der Waals surface area contributed by atoms with Gasteiger partial charge in [0, 0.05) is 12.2 Å². The van der Waals surface area contributed by atoms with E-state index in [0.717, 1.165) is 25.3 Å². The molecule has 0 aliphatic heterocycles. The summed E-state index contributed by atoms with van der Waals surface area (Å²) in [4.78, 5) is 0. The van der Waals surface area contributed by atoms with Crippen molar-refractivity contribution < 1.29 is 4.74 Å². The third kappa shape index (κ3) is 4.02. The molecule has 0 aromatic heterocycles. The highest BCUT2D eigenvalue weighted by atomic mass is 16.5. The summed E-state index contributed by atoms with van der Waals surface area (Å²) in [6.45, 7) is 8.04. The summed E-state index contributed by atoms with van der Waals surface area (Å²) in [5, 5.41) is 3.47. The first-order valence-electron chi connectivity index (χ1n) is 7.16. The largest absolute Gasteiger partial charge is 0.494 e. The monoisotopic (exact) mass is 269 g/mol. The van der Waals surface area contributed by atoms with Crippen LogP contribution in [-0.2, 0) is 0 Å². The van der Waals surface area contributed by atoms with E-state index >= 15 is 0 Å². The van der Waals surface area contributed by atoms with E-state index in [-0.39, 0.29) is 0 Å². The van der Waals surface area contributed by atoms with Crippen molar-refractivity contribution >= 4 is 5.69 Å². The normalized spacial score (nSPS) is 10.3. The molecule has 0 saturated carbocycles. The molecule has 0 amide bonds. The lowest BCUT2D eigenvalue weighted by atomic mass is 10.1. The average molecular weight is 269 g/mol. The van der Waals surface area contributed by atoms with Crippen LogP contribution in [0, 0.1) is 20.8 Å². The van der Waals surface area contributed by atoms with Crippen LogP contribution in [0.3, 0.4) is 0 Å². The lowest BCUT2D eigenvalue weighted by Crippen LogP contribution is -2.08. The molecule has 0 fully saturated rings. The topological polar surface area (TPSA) is 21.3 Å². The van der Waals surface area contributed by atoms with Gasteiger partial charge in [0.15, 0.2) is 0 Å². The minimum absolute atomic E-state index is 0.737. The molecule has 106 valence electrons. The first kappa shape index (κ1) is 14.4. The summed E-state index contributed by atoms with van der Waals surface area (Å²) in [5.74, 6) is 0.955. The number of hydrogen-bond acceptors (Lipinski definition) is 2. The van der Waals surface area contributed by atoms with Gasteiger partial charge in [0.2, 0.25) is 0 Å². The van der Waals surface area contributed by atoms with Gasteiger partial charge in [-0.1, -0.05) is 24.3 Å². The van der Waals surface area contributed by atoms with Crippen molar-refractivity contribution in [1.82, 2.24) is 0 Å². The van der Waals surface area contributed by atoms with Gasteiger partial charge in [-0.3, -0.25) is 0 Å². The van der Waals surface area contributed by atoms with E-state index in [1.54, 1.807) is 0 Å². The van der Waals surface area contributed by atoms with Gasteiger partial charge < -0.3 is 10.1 Å². The number of rotatable bonds is 6. The zero-order chi connectivity index (χ0) is 14.4. The van der Waals surface area contributed by atoms with E-state index in [1.165, 1.54) is 22.4 Å². The maximum atomic E-state index is 5.74. The number of hydrogen-bond donors (Lipinski definition) is 1. The van der Waals surface area contributed by atoms with Crippen molar-refractivity contribution in [3.05, 3.63) is 59.2 Å². The van der Waals surface area contributed by atoms with Crippen molar-refractivity contribution in [2.24, 2.45) is 0 Å². The Kier molecular flexibility index (Phi) is 5.05. The Morgan fingerprint density at radius 2 is 1.80 bits per heavy atom.